The zero-order valence-corrected chi connectivity index (χ0v) is 34.4. The molecule has 4 heterocycles. The Bertz CT molecular complexity index is 1880. The van der Waals surface area contributed by atoms with E-state index < -0.39 is 0 Å². The van der Waals surface area contributed by atoms with Gasteiger partial charge in [0.2, 0.25) is 0 Å². The molecule has 4 atom stereocenters. The minimum atomic E-state index is 0. The quantitative estimate of drug-likeness (QED) is 0.0764. The molecule has 2 saturated heterocycles. The van der Waals surface area contributed by atoms with Crippen LogP contribution in [0, 0.1) is 24.7 Å². The van der Waals surface area contributed by atoms with E-state index in [1.54, 1.807) is 38.0 Å². The SMILES string of the molecule is C[C@H]1CC[C@H](C)[PH+]1CC[PH+]1[C@@H](C)CC[C@@H]1C.[Au+].[Au+].[C-]#Cc1ccc2oc3ccccc3c2c1.[C-]#Cc1ccc2oc3ccccc3c2c1. The van der Waals surface area contributed by atoms with Gasteiger partial charge >= 0.3 is 44.8 Å². The Morgan fingerprint density at radius 1 is 0.521 bits per heavy atom. The van der Waals surface area contributed by atoms with Crippen LogP contribution >= 0.6 is 15.8 Å². The topological polar surface area (TPSA) is 26.3 Å². The Morgan fingerprint density at radius 3 is 1.21 bits per heavy atom. The van der Waals surface area contributed by atoms with E-state index in [1.165, 1.54) is 0 Å². The van der Waals surface area contributed by atoms with Gasteiger partial charge in [-0.2, -0.15) is 0 Å². The fourth-order valence-electron chi connectivity index (χ4n) is 7.59. The molecule has 0 aliphatic carbocycles. The molecule has 0 saturated carbocycles. The van der Waals surface area contributed by atoms with E-state index in [4.69, 9.17) is 21.7 Å². The molecule has 6 heteroatoms. The average molecular weight is 1040 g/mol. The van der Waals surface area contributed by atoms with Crippen LogP contribution in [0.15, 0.2) is 93.8 Å². The summed E-state index contributed by atoms with van der Waals surface area (Å²) in [7, 11) is 0.0490. The van der Waals surface area contributed by atoms with Crippen LogP contribution in [0.25, 0.3) is 43.9 Å². The van der Waals surface area contributed by atoms with Crippen molar-refractivity contribution in [3.05, 3.63) is 109 Å². The summed E-state index contributed by atoms with van der Waals surface area (Å²) >= 11 is 0. The molecule has 2 aliphatic rings. The Morgan fingerprint density at radius 2 is 0.854 bits per heavy atom. The molecule has 0 N–H and O–H groups in total. The van der Waals surface area contributed by atoms with Crippen molar-refractivity contribution in [2.75, 3.05) is 12.3 Å². The van der Waals surface area contributed by atoms with Gasteiger partial charge in [0.25, 0.3) is 0 Å². The molecule has 2 nitrogen and oxygen atoms in total. The Hall–Kier alpha value is -2.06. The predicted octanol–water partition coefficient (Wildman–Crippen LogP) is 11.6. The molecule has 8 rings (SSSR count). The molecule has 0 amide bonds. The second-order valence-electron chi connectivity index (χ2n) is 13.3. The maximum atomic E-state index is 7.10. The van der Waals surface area contributed by atoms with Gasteiger partial charge in [-0.05, 0) is 77.6 Å². The molecule has 6 aromatic rings. The zero-order valence-electron chi connectivity index (χ0n) is 28.1. The molecule has 0 bridgehead atoms. The molecule has 254 valence electrons. The van der Waals surface area contributed by atoms with Gasteiger partial charge in [0, 0.05) is 37.4 Å². The largest absolute Gasteiger partial charge is 1.00 e. The fourth-order valence-corrected chi connectivity index (χ4v) is 16.0. The van der Waals surface area contributed by atoms with Gasteiger partial charge < -0.3 is 21.7 Å². The van der Waals surface area contributed by atoms with Crippen LogP contribution in [0.3, 0.4) is 0 Å². The van der Waals surface area contributed by atoms with Gasteiger partial charge in [-0.15, -0.1) is 35.4 Å². The summed E-state index contributed by atoms with van der Waals surface area (Å²) in [5, 5.41) is 4.26. The molecule has 2 aromatic heterocycles. The van der Waals surface area contributed by atoms with Crippen molar-refractivity contribution in [2.24, 2.45) is 0 Å². The maximum absolute atomic E-state index is 7.10. The van der Waals surface area contributed by atoms with Crippen LogP contribution in [0.2, 0.25) is 0 Å². The number of para-hydroxylation sites is 2. The van der Waals surface area contributed by atoms with Crippen LogP contribution in [-0.2, 0) is 44.8 Å². The van der Waals surface area contributed by atoms with Gasteiger partial charge in [-0.1, -0.05) is 36.4 Å². The Kier molecular flexibility index (Phi) is 14.3. The normalized spacial score (nSPS) is 20.6. The van der Waals surface area contributed by atoms with Crippen LogP contribution in [0.4, 0.5) is 0 Å². The summed E-state index contributed by atoms with van der Waals surface area (Å²) in [5.41, 5.74) is 9.51. The van der Waals surface area contributed by atoms with Crippen molar-refractivity contribution in [3.8, 4) is 11.8 Å². The van der Waals surface area contributed by atoms with Crippen molar-refractivity contribution < 1.29 is 53.6 Å². The first-order chi connectivity index (χ1) is 22.4. The Balaban J connectivity index is 0.000000159. The molecule has 0 radical (unpaired) electrons. The minimum absolute atomic E-state index is 0. The molecular weight excluding hydrogens is 992 g/mol. The Labute approximate surface area is 320 Å². The number of furan rings is 2. The van der Waals surface area contributed by atoms with Gasteiger partial charge in [0.15, 0.2) is 0 Å². The predicted molar refractivity (Wildman–Crippen MR) is 203 cm³/mol. The second-order valence-corrected chi connectivity index (χ2v) is 20.5. The number of benzene rings is 4. The molecule has 48 heavy (non-hydrogen) atoms. The van der Waals surface area contributed by atoms with Crippen LogP contribution in [0.1, 0.15) is 64.5 Å². The summed E-state index contributed by atoms with van der Waals surface area (Å²) < 4.78 is 11.3. The molecular formula is C42H44Au2O2P2+2. The first-order valence-electron chi connectivity index (χ1n) is 16.8. The minimum Gasteiger partial charge on any atom is -0.456 e. The number of hydrogen-bond donors (Lipinski definition) is 0. The van der Waals surface area contributed by atoms with E-state index in [9.17, 15) is 0 Å². The molecule has 0 spiro atoms. The van der Waals surface area contributed by atoms with Gasteiger partial charge in [0.05, 0.1) is 35.0 Å². The van der Waals surface area contributed by atoms with E-state index in [0.29, 0.717) is 0 Å². The van der Waals surface area contributed by atoms with E-state index in [-0.39, 0.29) is 60.6 Å². The van der Waals surface area contributed by atoms with Crippen molar-refractivity contribution in [1.29, 1.82) is 0 Å². The first kappa shape index (κ1) is 38.7. The van der Waals surface area contributed by atoms with Crippen molar-refractivity contribution in [1.82, 2.24) is 0 Å². The summed E-state index contributed by atoms with van der Waals surface area (Å²) in [6, 6.07) is 27.1. The third kappa shape index (κ3) is 8.62. The van der Waals surface area contributed by atoms with Gasteiger partial charge in [-0.3, -0.25) is 11.8 Å². The standard InChI is InChI=1S/2C14H7O.C14H28P2.2Au/c2*1-2-10-7-8-14-12(9-10)11-5-3-4-6-13(11)15-14;1-11-5-6-12(2)15(11)9-10-16-13(3)7-8-14(16)4;;/h2*3-9H;11-14H,5-10H2,1-4H3;;/q2*-1;;2*+1/p+2/t;;11-,12-,13-,14-;;/m..0../s1. The van der Waals surface area contributed by atoms with E-state index >= 15 is 0 Å². The molecule has 2 fully saturated rings. The molecule has 2 aliphatic heterocycles. The molecule has 4 aromatic carbocycles. The summed E-state index contributed by atoms with van der Waals surface area (Å²) in [5.74, 6) is 4.76. The maximum Gasteiger partial charge on any atom is 1.00 e. The van der Waals surface area contributed by atoms with Gasteiger partial charge in [-0.25, -0.2) is 0 Å². The number of hydrogen-bond acceptors (Lipinski definition) is 2. The van der Waals surface area contributed by atoms with Crippen LogP contribution in [-0.4, -0.2) is 35.0 Å². The molecule has 0 unspecified atom stereocenters. The van der Waals surface area contributed by atoms with E-state index in [2.05, 4.69) is 39.5 Å². The third-order valence-corrected chi connectivity index (χ3v) is 18.7. The smallest absolute Gasteiger partial charge is 0.456 e. The van der Waals surface area contributed by atoms with Crippen molar-refractivity contribution >= 4 is 59.7 Å². The van der Waals surface area contributed by atoms with Gasteiger partial charge in [0.1, 0.15) is 22.3 Å². The van der Waals surface area contributed by atoms with Crippen molar-refractivity contribution in [3.63, 3.8) is 0 Å². The first-order valence-corrected chi connectivity index (χ1v) is 20.5. The van der Waals surface area contributed by atoms with E-state index in [1.807, 2.05) is 84.9 Å². The monoisotopic (exact) mass is 1040 g/mol. The summed E-state index contributed by atoms with van der Waals surface area (Å²) in [6.07, 6.45) is 23.7. The van der Waals surface area contributed by atoms with E-state index in [0.717, 1.165) is 77.6 Å². The van der Waals surface area contributed by atoms with Crippen LogP contribution < -0.4 is 0 Å². The zero-order chi connectivity index (χ0) is 32.2. The number of fused-ring (bicyclic) bond motifs is 6. The summed E-state index contributed by atoms with van der Waals surface area (Å²) in [6.45, 7) is 10.2. The number of rotatable bonds is 3. The second kappa shape index (κ2) is 17.7. The van der Waals surface area contributed by atoms with Crippen LogP contribution in [0.5, 0.6) is 0 Å². The fraction of sp³-hybridized carbons (Fsp3) is 0.333. The average Bonchev–Trinajstić information content (AvgIpc) is 3.83. The van der Waals surface area contributed by atoms with Crippen molar-refractivity contribution in [2.45, 2.75) is 76.0 Å². The third-order valence-electron chi connectivity index (χ3n) is 10.3. The summed E-state index contributed by atoms with van der Waals surface area (Å²) in [4.78, 5) is 0.